The highest BCUT2D eigenvalue weighted by molar-refractivity contribution is 6.01. The first-order valence-electron chi connectivity index (χ1n) is 11.1. The summed E-state index contributed by atoms with van der Waals surface area (Å²) in [5, 5.41) is 14.9. The molecular formula is C28H27N3O3. The zero-order valence-electron chi connectivity index (χ0n) is 19.1. The summed E-state index contributed by atoms with van der Waals surface area (Å²) in [5.41, 5.74) is 3.76. The molecule has 0 saturated heterocycles. The summed E-state index contributed by atoms with van der Waals surface area (Å²) >= 11 is 0. The second kappa shape index (κ2) is 12.6. The fourth-order valence-corrected chi connectivity index (χ4v) is 3.19. The molecule has 0 spiro atoms. The first-order chi connectivity index (χ1) is 16.5. The van der Waals surface area contributed by atoms with Crippen molar-refractivity contribution in [3.05, 3.63) is 101 Å². The van der Waals surface area contributed by atoms with E-state index in [9.17, 15) is 14.9 Å². The summed E-state index contributed by atoms with van der Waals surface area (Å²) < 4.78 is 5.52. The van der Waals surface area contributed by atoms with Crippen LogP contribution >= 0.6 is 0 Å². The first-order valence-corrected chi connectivity index (χ1v) is 11.1. The third kappa shape index (κ3) is 7.95. The summed E-state index contributed by atoms with van der Waals surface area (Å²) in [4.78, 5) is 24.4. The van der Waals surface area contributed by atoms with Crippen LogP contribution < -0.4 is 15.4 Å². The van der Waals surface area contributed by atoms with Gasteiger partial charge < -0.3 is 15.4 Å². The van der Waals surface area contributed by atoms with Crippen LogP contribution in [0.25, 0.3) is 6.08 Å². The quantitative estimate of drug-likeness (QED) is 0.265. The second-order valence-electron chi connectivity index (χ2n) is 7.79. The van der Waals surface area contributed by atoms with Crippen molar-refractivity contribution in [3.63, 3.8) is 0 Å². The van der Waals surface area contributed by atoms with E-state index in [1.165, 1.54) is 11.6 Å². The lowest BCUT2D eigenvalue weighted by Gasteiger charge is -2.08. The van der Waals surface area contributed by atoms with Crippen molar-refractivity contribution >= 4 is 23.6 Å². The summed E-state index contributed by atoms with van der Waals surface area (Å²) in [6.07, 6.45) is 3.18. The van der Waals surface area contributed by atoms with Gasteiger partial charge in [-0.15, -0.1) is 0 Å². The van der Waals surface area contributed by atoms with Crippen LogP contribution in [-0.2, 0) is 16.0 Å². The minimum absolute atomic E-state index is 0.0332. The van der Waals surface area contributed by atoms with Crippen LogP contribution in [0, 0.1) is 18.3 Å². The normalized spacial score (nSPS) is 10.8. The van der Waals surface area contributed by atoms with Crippen LogP contribution in [0.3, 0.4) is 0 Å². The summed E-state index contributed by atoms with van der Waals surface area (Å²) in [5.74, 6) is -0.146. The zero-order chi connectivity index (χ0) is 24.2. The molecule has 0 aliphatic heterocycles. The van der Waals surface area contributed by atoms with E-state index in [0.29, 0.717) is 23.5 Å². The van der Waals surface area contributed by atoms with Gasteiger partial charge in [0.05, 0.1) is 0 Å². The van der Waals surface area contributed by atoms with Gasteiger partial charge in [0, 0.05) is 12.2 Å². The molecule has 0 aliphatic carbocycles. The van der Waals surface area contributed by atoms with Gasteiger partial charge in [0.15, 0.2) is 6.61 Å². The van der Waals surface area contributed by atoms with E-state index in [4.69, 9.17) is 4.74 Å². The third-order valence-electron chi connectivity index (χ3n) is 5.03. The van der Waals surface area contributed by atoms with Gasteiger partial charge in [-0.2, -0.15) is 5.26 Å². The summed E-state index contributed by atoms with van der Waals surface area (Å²) in [6, 6.07) is 26.3. The number of hydrogen-bond acceptors (Lipinski definition) is 4. The average Bonchev–Trinajstić information content (AvgIpc) is 2.86. The Morgan fingerprint density at radius 3 is 2.35 bits per heavy atom. The predicted molar refractivity (Wildman–Crippen MR) is 133 cm³/mol. The molecule has 2 N–H and O–H groups in total. The molecule has 2 amide bonds. The summed E-state index contributed by atoms with van der Waals surface area (Å²) in [6.45, 7) is 2.34. The van der Waals surface area contributed by atoms with Crippen molar-refractivity contribution in [3.8, 4) is 11.8 Å². The van der Waals surface area contributed by atoms with E-state index in [0.717, 1.165) is 18.4 Å². The Labute approximate surface area is 199 Å². The fraction of sp³-hybridized carbons (Fsp3) is 0.179. The molecular weight excluding hydrogens is 426 g/mol. The molecule has 0 heterocycles. The van der Waals surface area contributed by atoms with Crippen LogP contribution in [0.15, 0.2) is 84.4 Å². The maximum atomic E-state index is 12.3. The molecule has 34 heavy (non-hydrogen) atoms. The first kappa shape index (κ1) is 24.3. The van der Waals surface area contributed by atoms with E-state index >= 15 is 0 Å². The molecule has 6 nitrogen and oxygen atoms in total. The number of carbonyl (C=O) groups is 2. The Kier molecular flexibility index (Phi) is 9.00. The molecule has 0 atom stereocenters. The Hall–Kier alpha value is -4.37. The molecule has 3 aromatic rings. The fourth-order valence-electron chi connectivity index (χ4n) is 3.19. The standard InChI is InChI=1S/C28H27N3O3/c1-21-9-13-25(14-10-21)31-27(32)20-34-26-15-11-23(12-16-26)18-24(19-29)28(33)30-17-5-8-22-6-3-2-4-7-22/h2-4,6-7,9-16,18H,5,8,17,20H2,1H3,(H,30,33)(H,31,32)/b24-18-. The van der Waals surface area contributed by atoms with Gasteiger partial charge in [-0.1, -0.05) is 60.2 Å². The zero-order valence-corrected chi connectivity index (χ0v) is 19.1. The number of nitrogens with zero attached hydrogens (tertiary/aromatic N) is 1. The van der Waals surface area contributed by atoms with Gasteiger partial charge in [-0.05, 0) is 61.2 Å². The highest BCUT2D eigenvalue weighted by Gasteiger charge is 2.09. The van der Waals surface area contributed by atoms with Gasteiger partial charge >= 0.3 is 0 Å². The van der Waals surface area contributed by atoms with Gasteiger partial charge in [-0.25, -0.2) is 0 Å². The van der Waals surface area contributed by atoms with Crippen LogP contribution in [0.4, 0.5) is 5.69 Å². The van der Waals surface area contributed by atoms with Crippen molar-refractivity contribution in [1.29, 1.82) is 5.26 Å². The van der Waals surface area contributed by atoms with E-state index in [2.05, 4.69) is 10.6 Å². The number of rotatable bonds is 10. The topological polar surface area (TPSA) is 91.2 Å². The highest BCUT2D eigenvalue weighted by atomic mass is 16.5. The number of carbonyl (C=O) groups excluding carboxylic acids is 2. The largest absolute Gasteiger partial charge is 0.484 e. The SMILES string of the molecule is Cc1ccc(NC(=O)COc2ccc(/C=C(/C#N)C(=O)NCCCc3ccccc3)cc2)cc1. The van der Waals surface area contributed by atoms with Crippen molar-refractivity contribution in [2.45, 2.75) is 19.8 Å². The monoisotopic (exact) mass is 453 g/mol. The maximum absolute atomic E-state index is 12.3. The summed E-state index contributed by atoms with van der Waals surface area (Å²) in [7, 11) is 0. The predicted octanol–water partition coefficient (Wildman–Crippen LogP) is 4.67. The van der Waals surface area contributed by atoms with Crippen molar-refractivity contribution < 1.29 is 14.3 Å². The molecule has 3 rings (SSSR count). The number of anilines is 1. The minimum atomic E-state index is -0.399. The van der Waals surface area contributed by atoms with Crippen molar-refractivity contribution in [1.82, 2.24) is 5.32 Å². The van der Waals surface area contributed by atoms with Gasteiger partial charge in [0.1, 0.15) is 17.4 Å². The number of nitrogens with one attached hydrogen (secondary N) is 2. The Bertz CT molecular complexity index is 1160. The van der Waals surface area contributed by atoms with E-state index in [-0.39, 0.29) is 18.1 Å². The van der Waals surface area contributed by atoms with Crippen LogP contribution in [0.1, 0.15) is 23.1 Å². The van der Waals surface area contributed by atoms with E-state index < -0.39 is 5.91 Å². The maximum Gasteiger partial charge on any atom is 0.262 e. The number of hydrogen-bond donors (Lipinski definition) is 2. The Balaban J connectivity index is 1.45. The molecule has 0 aromatic heterocycles. The Morgan fingerprint density at radius 1 is 0.971 bits per heavy atom. The average molecular weight is 454 g/mol. The number of ether oxygens (including phenoxy) is 1. The third-order valence-corrected chi connectivity index (χ3v) is 5.03. The van der Waals surface area contributed by atoms with E-state index in [1.54, 1.807) is 24.3 Å². The molecule has 3 aromatic carbocycles. The number of nitriles is 1. The number of benzene rings is 3. The molecule has 0 aliphatic rings. The van der Waals surface area contributed by atoms with Crippen LogP contribution in [0.2, 0.25) is 0 Å². The number of aryl methyl sites for hydroxylation is 2. The Morgan fingerprint density at radius 2 is 1.68 bits per heavy atom. The van der Waals surface area contributed by atoms with E-state index in [1.807, 2.05) is 67.6 Å². The molecule has 0 fully saturated rings. The highest BCUT2D eigenvalue weighted by Crippen LogP contribution is 2.15. The van der Waals surface area contributed by atoms with Gasteiger partial charge in [0.25, 0.3) is 11.8 Å². The molecule has 0 unspecified atom stereocenters. The van der Waals surface area contributed by atoms with Crippen LogP contribution in [-0.4, -0.2) is 25.0 Å². The lowest BCUT2D eigenvalue weighted by atomic mass is 10.1. The van der Waals surface area contributed by atoms with Crippen molar-refractivity contribution in [2.75, 3.05) is 18.5 Å². The smallest absolute Gasteiger partial charge is 0.262 e. The van der Waals surface area contributed by atoms with Gasteiger partial charge in [0.2, 0.25) is 0 Å². The van der Waals surface area contributed by atoms with Gasteiger partial charge in [-0.3, -0.25) is 9.59 Å². The molecule has 0 radical (unpaired) electrons. The minimum Gasteiger partial charge on any atom is -0.484 e. The molecule has 0 saturated carbocycles. The molecule has 0 bridgehead atoms. The van der Waals surface area contributed by atoms with Crippen molar-refractivity contribution in [2.24, 2.45) is 0 Å². The van der Waals surface area contributed by atoms with Crippen LogP contribution in [0.5, 0.6) is 5.75 Å². The lowest BCUT2D eigenvalue weighted by molar-refractivity contribution is -0.118. The number of amides is 2. The second-order valence-corrected chi connectivity index (χ2v) is 7.79. The lowest BCUT2D eigenvalue weighted by Crippen LogP contribution is -2.25. The molecule has 172 valence electrons. The molecule has 6 heteroatoms.